The summed E-state index contributed by atoms with van der Waals surface area (Å²) in [6.07, 6.45) is 1.46. The minimum absolute atomic E-state index is 0.386. The molecule has 2 aromatic carbocycles. The zero-order chi connectivity index (χ0) is 17.6. The number of para-hydroxylation sites is 1. The Labute approximate surface area is 153 Å². The molecule has 7 heteroatoms. The van der Waals surface area contributed by atoms with Crippen molar-refractivity contribution >= 4 is 44.9 Å². The molecular formula is C18H15BrN4O2. The fraction of sp³-hybridized carbons (Fsp3) is 0.0556. The van der Waals surface area contributed by atoms with Crippen molar-refractivity contribution in [3.8, 4) is 0 Å². The maximum atomic E-state index is 11.6. The number of hydrogen-bond acceptors (Lipinski definition) is 6. The van der Waals surface area contributed by atoms with Crippen molar-refractivity contribution in [3.05, 3.63) is 71.0 Å². The lowest BCUT2D eigenvalue weighted by Gasteiger charge is -2.10. The summed E-state index contributed by atoms with van der Waals surface area (Å²) in [6, 6.07) is 16.6. The summed E-state index contributed by atoms with van der Waals surface area (Å²) < 4.78 is 5.67. The highest BCUT2D eigenvalue weighted by atomic mass is 79.9. The summed E-state index contributed by atoms with van der Waals surface area (Å²) in [6.45, 7) is 0. The van der Waals surface area contributed by atoms with E-state index in [0.29, 0.717) is 17.2 Å². The number of aromatic nitrogens is 2. The van der Waals surface area contributed by atoms with Gasteiger partial charge < -0.3 is 15.4 Å². The molecule has 0 aliphatic heterocycles. The van der Waals surface area contributed by atoms with Crippen molar-refractivity contribution in [1.29, 1.82) is 0 Å². The van der Waals surface area contributed by atoms with E-state index in [1.807, 2.05) is 30.3 Å². The highest BCUT2D eigenvalue weighted by Gasteiger charge is 2.07. The number of benzene rings is 2. The van der Waals surface area contributed by atoms with Crippen molar-refractivity contribution in [2.24, 2.45) is 0 Å². The molecule has 126 valence electrons. The van der Waals surface area contributed by atoms with Crippen molar-refractivity contribution in [1.82, 2.24) is 9.97 Å². The molecule has 0 bridgehead atoms. The Morgan fingerprint density at radius 1 is 1.00 bits per heavy atom. The molecule has 0 spiro atoms. The average Bonchev–Trinajstić information content (AvgIpc) is 2.63. The van der Waals surface area contributed by atoms with Crippen LogP contribution in [0.1, 0.15) is 10.4 Å². The number of hydrogen-bond donors (Lipinski definition) is 2. The predicted molar refractivity (Wildman–Crippen MR) is 101 cm³/mol. The van der Waals surface area contributed by atoms with Crippen LogP contribution in [0.5, 0.6) is 0 Å². The molecule has 0 saturated heterocycles. The van der Waals surface area contributed by atoms with Gasteiger partial charge in [-0.2, -0.15) is 0 Å². The number of ether oxygens (including phenoxy) is 1. The molecule has 6 nitrogen and oxygen atoms in total. The van der Waals surface area contributed by atoms with Gasteiger partial charge in [0.25, 0.3) is 0 Å². The largest absolute Gasteiger partial charge is 0.465 e. The smallest absolute Gasteiger partial charge is 0.337 e. The number of halogens is 1. The molecule has 1 heterocycles. The van der Waals surface area contributed by atoms with Gasteiger partial charge in [-0.05, 0) is 46.3 Å². The molecule has 0 radical (unpaired) electrons. The SMILES string of the molecule is COC(=O)c1cccc(Nc2cc(Nc3ccccc3Br)ncn2)c1. The lowest BCUT2D eigenvalue weighted by molar-refractivity contribution is 0.0601. The van der Waals surface area contributed by atoms with Gasteiger partial charge in [0, 0.05) is 16.2 Å². The number of nitrogens with zero attached hydrogens (tertiary/aromatic N) is 2. The molecule has 0 fully saturated rings. The summed E-state index contributed by atoms with van der Waals surface area (Å²) in [7, 11) is 1.35. The zero-order valence-corrected chi connectivity index (χ0v) is 14.9. The molecule has 0 aliphatic rings. The molecule has 1 aromatic heterocycles. The summed E-state index contributed by atoms with van der Waals surface area (Å²) in [5.41, 5.74) is 2.10. The van der Waals surface area contributed by atoms with Crippen LogP contribution in [-0.2, 0) is 4.74 Å². The second-order valence-corrected chi connectivity index (χ2v) is 5.95. The number of esters is 1. The Hall–Kier alpha value is -2.93. The minimum atomic E-state index is -0.386. The van der Waals surface area contributed by atoms with E-state index in [-0.39, 0.29) is 5.97 Å². The molecule has 0 aliphatic carbocycles. The topological polar surface area (TPSA) is 76.1 Å². The van der Waals surface area contributed by atoms with Crippen LogP contribution in [0.2, 0.25) is 0 Å². The Kier molecular flexibility index (Phi) is 5.25. The highest BCUT2D eigenvalue weighted by Crippen LogP contribution is 2.25. The normalized spacial score (nSPS) is 10.2. The monoisotopic (exact) mass is 398 g/mol. The molecule has 0 amide bonds. The maximum absolute atomic E-state index is 11.6. The number of methoxy groups -OCH3 is 1. The number of carbonyl (C=O) groups is 1. The second-order valence-electron chi connectivity index (χ2n) is 5.09. The van der Waals surface area contributed by atoms with Crippen LogP contribution in [0, 0.1) is 0 Å². The van der Waals surface area contributed by atoms with E-state index in [2.05, 4.69) is 36.5 Å². The van der Waals surface area contributed by atoms with Crippen molar-refractivity contribution in [2.45, 2.75) is 0 Å². The Balaban J connectivity index is 1.78. The van der Waals surface area contributed by atoms with Crippen LogP contribution in [0.25, 0.3) is 0 Å². The van der Waals surface area contributed by atoms with Gasteiger partial charge in [0.05, 0.1) is 18.4 Å². The van der Waals surface area contributed by atoms with Crippen molar-refractivity contribution < 1.29 is 9.53 Å². The van der Waals surface area contributed by atoms with Crippen LogP contribution in [0.3, 0.4) is 0 Å². The lowest BCUT2D eigenvalue weighted by Crippen LogP contribution is -2.02. The second kappa shape index (κ2) is 7.76. The Morgan fingerprint density at radius 3 is 2.52 bits per heavy atom. The van der Waals surface area contributed by atoms with E-state index < -0.39 is 0 Å². The molecule has 0 unspecified atom stereocenters. The summed E-state index contributed by atoms with van der Waals surface area (Å²) in [4.78, 5) is 20.0. The lowest BCUT2D eigenvalue weighted by atomic mass is 10.2. The Morgan fingerprint density at radius 2 is 1.76 bits per heavy atom. The van der Waals surface area contributed by atoms with E-state index >= 15 is 0 Å². The third-order valence-corrected chi connectivity index (χ3v) is 4.05. The van der Waals surface area contributed by atoms with Crippen LogP contribution >= 0.6 is 15.9 Å². The van der Waals surface area contributed by atoms with E-state index in [4.69, 9.17) is 4.74 Å². The minimum Gasteiger partial charge on any atom is -0.465 e. The van der Waals surface area contributed by atoms with Crippen molar-refractivity contribution in [2.75, 3.05) is 17.7 Å². The van der Waals surface area contributed by atoms with Gasteiger partial charge in [-0.1, -0.05) is 18.2 Å². The van der Waals surface area contributed by atoms with Crippen molar-refractivity contribution in [3.63, 3.8) is 0 Å². The highest BCUT2D eigenvalue weighted by molar-refractivity contribution is 9.10. The fourth-order valence-corrected chi connectivity index (χ4v) is 2.57. The van der Waals surface area contributed by atoms with Crippen LogP contribution in [0.15, 0.2) is 65.4 Å². The molecule has 2 N–H and O–H groups in total. The first-order valence-corrected chi connectivity index (χ1v) is 8.24. The van der Waals surface area contributed by atoms with Gasteiger partial charge in [-0.3, -0.25) is 0 Å². The van der Waals surface area contributed by atoms with Crippen LogP contribution in [0.4, 0.5) is 23.0 Å². The third-order valence-electron chi connectivity index (χ3n) is 3.36. The summed E-state index contributed by atoms with van der Waals surface area (Å²) in [5.74, 6) is 0.864. The number of anilines is 4. The van der Waals surface area contributed by atoms with Crippen LogP contribution in [-0.4, -0.2) is 23.0 Å². The quantitative estimate of drug-likeness (QED) is 0.615. The van der Waals surface area contributed by atoms with E-state index in [1.165, 1.54) is 13.4 Å². The van der Waals surface area contributed by atoms with Crippen LogP contribution < -0.4 is 10.6 Å². The Bertz CT molecular complexity index is 902. The van der Waals surface area contributed by atoms with Gasteiger partial charge >= 0.3 is 5.97 Å². The maximum Gasteiger partial charge on any atom is 0.337 e. The van der Waals surface area contributed by atoms with Gasteiger partial charge in [0.15, 0.2) is 0 Å². The first-order valence-electron chi connectivity index (χ1n) is 7.45. The molecule has 0 saturated carbocycles. The predicted octanol–water partition coefficient (Wildman–Crippen LogP) is 4.51. The van der Waals surface area contributed by atoms with Gasteiger partial charge in [0.2, 0.25) is 0 Å². The molecular weight excluding hydrogens is 384 g/mol. The van der Waals surface area contributed by atoms with Gasteiger partial charge in [-0.25, -0.2) is 14.8 Å². The number of rotatable bonds is 5. The molecule has 0 atom stereocenters. The molecule has 3 rings (SSSR count). The van der Waals surface area contributed by atoms with E-state index in [1.54, 1.807) is 24.3 Å². The van der Waals surface area contributed by atoms with Gasteiger partial charge in [0.1, 0.15) is 18.0 Å². The first kappa shape index (κ1) is 16.9. The first-order chi connectivity index (χ1) is 12.2. The van der Waals surface area contributed by atoms with Gasteiger partial charge in [-0.15, -0.1) is 0 Å². The summed E-state index contributed by atoms with van der Waals surface area (Å²) >= 11 is 3.49. The van der Waals surface area contributed by atoms with E-state index in [9.17, 15) is 4.79 Å². The zero-order valence-electron chi connectivity index (χ0n) is 13.4. The average molecular weight is 399 g/mol. The summed E-state index contributed by atoms with van der Waals surface area (Å²) in [5, 5.41) is 6.38. The number of carbonyl (C=O) groups excluding carboxylic acids is 1. The van der Waals surface area contributed by atoms with E-state index in [0.717, 1.165) is 15.8 Å². The fourth-order valence-electron chi connectivity index (χ4n) is 2.18. The third kappa shape index (κ3) is 4.33. The number of nitrogens with one attached hydrogen (secondary N) is 2. The standard InChI is InChI=1S/C18H15BrN4O2/c1-25-18(24)12-5-4-6-13(9-12)22-16-10-17(21-11-20-16)23-15-8-3-2-7-14(15)19/h2-11H,1H3,(H2,20,21,22,23). The molecule has 25 heavy (non-hydrogen) atoms. The molecule has 3 aromatic rings.